The third-order valence-electron chi connectivity index (χ3n) is 4.63. The van der Waals surface area contributed by atoms with E-state index in [2.05, 4.69) is 16.0 Å². The average molecular weight is 400 g/mol. The van der Waals surface area contributed by atoms with E-state index in [1.807, 2.05) is 56.3 Å². The summed E-state index contributed by atoms with van der Waals surface area (Å²) < 4.78 is 7.28. The molecule has 30 heavy (non-hydrogen) atoms. The quantitative estimate of drug-likeness (QED) is 0.510. The first-order valence-electron chi connectivity index (χ1n) is 9.41. The molecule has 2 amide bonds. The molecule has 0 saturated carbocycles. The van der Waals surface area contributed by atoms with E-state index >= 15 is 0 Å². The molecule has 0 bridgehead atoms. The molecule has 2 aromatic heterocycles. The van der Waals surface area contributed by atoms with Gasteiger partial charge in [-0.1, -0.05) is 36.4 Å². The molecule has 0 aliphatic rings. The Morgan fingerprint density at radius 3 is 2.17 bits per heavy atom. The first kappa shape index (κ1) is 19.2. The minimum atomic E-state index is -0.497. The Kier molecular flexibility index (Phi) is 5.17. The maximum Gasteiger partial charge on any atom is 0.273 e. The zero-order valence-electron chi connectivity index (χ0n) is 16.5. The summed E-state index contributed by atoms with van der Waals surface area (Å²) in [6.07, 6.45) is 1.61. The summed E-state index contributed by atoms with van der Waals surface area (Å²) in [6, 6.07) is 20.1. The molecular weight excluding hydrogens is 380 g/mol. The van der Waals surface area contributed by atoms with Crippen molar-refractivity contribution >= 4 is 11.8 Å². The minimum absolute atomic E-state index is 0.276. The number of aryl methyl sites for hydroxylation is 2. The highest BCUT2D eigenvalue weighted by molar-refractivity contribution is 6.02. The number of hydrazine groups is 1. The molecule has 0 radical (unpaired) electrons. The van der Waals surface area contributed by atoms with Crippen LogP contribution in [0.4, 0.5) is 0 Å². The van der Waals surface area contributed by atoms with Crippen molar-refractivity contribution in [2.45, 2.75) is 13.8 Å². The number of furan rings is 1. The fraction of sp³-hybridized carbons (Fsp3) is 0.0870. The Bertz CT molecular complexity index is 1210. The molecule has 0 unspecified atom stereocenters. The molecule has 2 aromatic carbocycles. The number of nitrogens with zero attached hydrogens (tertiary/aromatic N) is 2. The summed E-state index contributed by atoms with van der Waals surface area (Å²) in [5.41, 5.74) is 7.69. The lowest BCUT2D eigenvalue weighted by atomic mass is 10.1. The Morgan fingerprint density at radius 2 is 1.50 bits per heavy atom. The van der Waals surface area contributed by atoms with Crippen molar-refractivity contribution in [1.82, 2.24) is 20.6 Å². The molecule has 150 valence electrons. The topological polar surface area (TPSA) is 89.2 Å². The molecule has 0 fully saturated rings. The van der Waals surface area contributed by atoms with Crippen LogP contribution >= 0.6 is 0 Å². The Hall–Kier alpha value is -4.13. The van der Waals surface area contributed by atoms with Crippen LogP contribution < -0.4 is 10.9 Å². The lowest BCUT2D eigenvalue weighted by Crippen LogP contribution is -2.41. The highest BCUT2D eigenvalue weighted by Gasteiger charge is 2.21. The smallest absolute Gasteiger partial charge is 0.273 e. The SMILES string of the molecule is Cc1ccc(-c2nn(-c3ccccc3)cc2C(=O)NNC(=O)c2ccccc2C)o1. The Balaban J connectivity index is 1.62. The van der Waals surface area contributed by atoms with E-state index in [0.717, 1.165) is 11.3 Å². The van der Waals surface area contributed by atoms with Gasteiger partial charge in [0.2, 0.25) is 0 Å². The standard InChI is InChI=1S/C23H20N4O3/c1-15-8-6-7-11-18(15)22(28)24-25-23(29)19-14-27(17-9-4-3-5-10-17)26-21(19)20-13-12-16(2)30-20/h3-14H,1-2H3,(H,24,28)(H,25,29). The molecule has 7 heteroatoms. The molecule has 0 spiro atoms. The number of nitrogens with one attached hydrogen (secondary N) is 2. The first-order chi connectivity index (χ1) is 14.5. The third kappa shape index (κ3) is 3.86. The monoisotopic (exact) mass is 400 g/mol. The summed E-state index contributed by atoms with van der Waals surface area (Å²) >= 11 is 0. The summed E-state index contributed by atoms with van der Waals surface area (Å²) in [6.45, 7) is 3.65. The van der Waals surface area contributed by atoms with Crippen molar-refractivity contribution in [1.29, 1.82) is 0 Å². The van der Waals surface area contributed by atoms with Crippen LogP contribution in [0.2, 0.25) is 0 Å². The van der Waals surface area contributed by atoms with Crippen LogP contribution in [0.25, 0.3) is 17.1 Å². The molecule has 0 aliphatic carbocycles. The van der Waals surface area contributed by atoms with Gasteiger partial charge in [-0.25, -0.2) is 4.68 Å². The van der Waals surface area contributed by atoms with Crippen LogP contribution in [-0.4, -0.2) is 21.6 Å². The minimum Gasteiger partial charge on any atom is -0.460 e. The van der Waals surface area contributed by atoms with Crippen molar-refractivity contribution in [3.63, 3.8) is 0 Å². The van der Waals surface area contributed by atoms with Crippen molar-refractivity contribution in [3.8, 4) is 17.1 Å². The van der Waals surface area contributed by atoms with Crippen LogP contribution in [0.15, 0.2) is 77.3 Å². The number of amides is 2. The van der Waals surface area contributed by atoms with Crippen LogP contribution in [0, 0.1) is 13.8 Å². The van der Waals surface area contributed by atoms with Crippen LogP contribution in [0.3, 0.4) is 0 Å². The number of hydrogen-bond acceptors (Lipinski definition) is 4. The number of para-hydroxylation sites is 1. The average Bonchev–Trinajstić information content (AvgIpc) is 3.39. The number of benzene rings is 2. The van der Waals surface area contributed by atoms with Crippen molar-refractivity contribution in [2.75, 3.05) is 0 Å². The van der Waals surface area contributed by atoms with Gasteiger partial charge in [0.15, 0.2) is 5.76 Å². The van der Waals surface area contributed by atoms with Gasteiger partial charge in [-0.05, 0) is 49.7 Å². The lowest BCUT2D eigenvalue weighted by Gasteiger charge is -2.08. The normalized spacial score (nSPS) is 10.6. The van der Waals surface area contributed by atoms with Gasteiger partial charge in [-0.2, -0.15) is 5.10 Å². The summed E-state index contributed by atoms with van der Waals surface area (Å²) in [5.74, 6) is 0.284. The van der Waals surface area contributed by atoms with E-state index in [9.17, 15) is 9.59 Å². The Labute approximate surface area is 173 Å². The van der Waals surface area contributed by atoms with Crippen molar-refractivity contribution < 1.29 is 14.0 Å². The van der Waals surface area contributed by atoms with Gasteiger partial charge >= 0.3 is 0 Å². The third-order valence-corrected chi connectivity index (χ3v) is 4.63. The van der Waals surface area contributed by atoms with E-state index in [4.69, 9.17) is 4.42 Å². The summed E-state index contributed by atoms with van der Waals surface area (Å²) in [5, 5.41) is 4.53. The van der Waals surface area contributed by atoms with Crippen LogP contribution in [-0.2, 0) is 0 Å². The van der Waals surface area contributed by atoms with Crippen molar-refractivity contribution in [3.05, 3.63) is 95.4 Å². The predicted octanol–water partition coefficient (Wildman–Crippen LogP) is 3.82. The second-order valence-electron chi connectivity index (χ2n) is 6.80. The van der Waals surface area contributed by atoms with E-state index in [-0.39, 0.29) is 5.56 Å². The largest absolute Gasteiger partial charge is 0.460 e. The van der Waals surface area contributed by atoms with Gasteiger partial charge in [0.05, 0.1) is 11.3 Å². The second-order valence-corrected chi connectivity index (χ2v) is 6.80. The molecule has 0 aliphatic heterocycles. The van der Waals surface area contributed by atoms with Crippen molar-refractivity contribution in [2.24, 2.45) is 0 Å². The maximum absolute atomic E-state index is 12.9. The summed E-state index contributed by atoms with van der Waals surface area (Å²) in [4.78, 5) is 25.3. The number of carbonyl (C=O) groups is 2. The number of hydrogen-bond donors (Lipinski definition) is 2. The maximum atomic E-state index is 12.9. The van der Waals surface area contributed by atoms with Crippen LogP contribution in [0.1, 0.15) is 32.0 Å². The highest BCUT2D eigenvalue weighted by Crippen LogP contribution is 2.25. The van der Waals surface area contributed by atoms with E-state index < -0.39 is 11.8 Å². The number of rotatable bonds is 4. The van der Waals surface area contributed by atoms with Gasteiger partial charge in [-0.15, -0.1) is 0 Å². The van der Waals surface area contributed by atoms with Crippen LogP contribution in [0.5, 0.6) is 0 Å². The molecule has 0 saturated heterocycles. The molecule has 4 rings (SSSR count). The first-order valence-corrected chi connectivity index (χ1v) is 9.41. The lowest BCUT2D eigenvalue weighted by molar-refractivity contribution is 0.0846. The molecule has 7 nitrogen and oxygen atoms in total. The fourth-order valence-corrected chi connectivity index (χ4v) is 3.07. The highest BCUT2D eigenvalue weighted by atomic mass is 16.3. The molecule has 4 aromatic rings. The predicted molar refractivity (Wildman–Crippen MR) is 112 cm³/mol. The van der Waals surface area contributed by atoms with E-state index in [1.54, 1.807) is 35.1 Å². The van der Waals surface area contributed by atoms with Gasteiger partial charge in [0, 0.05) is 11.8 Å². The van der Waals surface area contributed by atoms with E-state index in [0.29, 0.717) is 22.8 Å². The zero-order chi connectivity index (χ0) is 21.1. The molecule has 2 N–H and O–H groups in total. The number of aromatic nitrogens is 2. The van der Waals surface area contributed by atoms with Gasteiger partial charge in [-0.3, -0.25) is 20.4 Å². The summed E-state index contributed by atoms with van der Waals surface area (Å²) in [7, 11) is 0. The molecular formula is C23H20N4O3. The zero-order valence-corrected chi connectivity index (χ0v) is 16.5. The second kappa shape index (κ2) is 8.08. The fourth-order valence-electron chi connectivity index (χ4n) is 3.07. The molecule has 0 atom stereocenters. The van der Waals surface area contributed by atoms with Gasteiger partial charge < -0.3 is 4.42 Å². The molecule has 2 heterocycles. The van der Waals surface area contributed by atoms with E-state index in [1.165, 1.54) is 0 Å². The Morgan fingerprint density at radius 1 is 0.833 bits per heavy atom. The van der Waals surface area contributed by atoms with Gasteiger partial charge in [0.25, 0.3) is 11.8 Å². The van der Waals surface area contributed by atoms with Gasteiger partial charge in [0.1, 0.15) is 11.5 Å². The number of carbonyl (C=O) groups excluding carboxylic acids is 2.